The number of allylic oxidation sites excluding steroid dienone is 1. The van der Waals surface area contributed by atoms with Crippen molar-refractivity contribution in [2.75, 3.05) is 24.6 Å². The molecule has 0 aliphatic heterocycles. The van der Waals surface area contributed by atoms with Gasteiger partial charge in [0.15, 0.2) is 0 Å². The van der Waals surface area contributed by atoms with Crippen LogP contribution in [-0.2, 0) is 0 Å². The van der Waals surface area contributed by atoms with Crippen LogP contribution < -0.4 is 9.64 Å². The second-order valence-corrected chi connectivity index (χ2v) is 4.26. The van der Waals surface area contributed by atoms with Gasteiger partial charge in [-0.2, -0.15) is 0 Å². The molecule has 17 heavy (non-hydrogen) atoms. The first kappa shape index (κ1) is 13.6. The van der Waals surface area contributed by atoms with E-state index in [2.05, 4.69) is 50.8 Å². The van der Waals surface area contributed by atoms with Crippen molar-refractivity contribution in [2.45, 2.75) is 27.7 Å². The van der Waals surface area contributed by atoms with Crippen molar-refractivity contribution in [3.8, 4) is 5.75 Å². The van der Waals surface area contributed by atoms with Gasteiger partial charge in [-0.05, 0) is 45.9 Å². The molecule has 94 valence electrons. The third-order valence-electron chi connectivity index (χ3n) is 2.69. The van der Waals surface area contributed by atoms with Crippen LogP contribution in [0.2, 0.25) is 0 Å². The molecule has 0 bridgehead atoms. The van der Waals surface area contributed by atoms with Crippen LogP contribution in [0, 0.1) is 0 Å². The molecule has 1 aromatic rings. The van der Waals surface area contributed by atoms with Gasteiger partial charge < -0.3 is 9.64 Å². The summed E-state index contributed by atoms with van der Waals surface area (Å²) in [6.07, 6.45) is 2.09. The van der Waals surface area contributed by atoms with Gasteiger partial charge in [-0.3, -0.25) is 0 Å². The van der Waals surface area contributed by atoms with Gasteiger partial charge in [-0.1, -0.05) is 11.6 Å². The van der Waals surface area contributed by atoms with Crippen LogP contribution in [0.15, 0.2) is 35.9 Å². The minimum atomic E-state index is 0.643. The van der Waals surface area contributed by atoms with Crippen LogP contribution in [0.3, 0.4) is 0 Å². The molecule has 0 heterocycles. The Bertz CT molecular complexity index is 363. The number of rotatable bonds is 6. The van der Waals surface area contributed by atoms with Crippen LogP contribution in [0.4, 0.5) is 5.69 Å². The minimum absolute atomic E-state index is 0.643. The highest BCUT2D eigenvalue weighted by molar-refractivity contribution is 5.50. The number of anilines is 1. The summed E-state index contributed by atoms with van der Waals surface area (Å²) in [6.45, 7) is 11.2. The highest BCUT2D eigenvalue weighted by Crippen LogP contribution is 2.20. The van der Waals surface area contributed by atoms with E-state index in [1.807, 2.05) is 12.1 Å². The summed E-state index contributed by atoms with van der Waals surface area (Å²) in [5, 5.41) is 0. The average molecular weight is 233 g/mol. The molecule has 1 rings (SSSR count). The topological polar surface area (TPSA) is 12.5 Å². The Hall–Kier alpha value is -1.44. The molecule has 0 aromatic heterocycles. The van der Waals surface area contributed by atoms with Crippen LogP contribution in [0.25, 0.3) is 0 Å². The number of benzene rings is 1. The lowest BCUT2D eigenvalue weighted by molar-refractivity contribution is 0.362. The second kappa shape index (κ2) is 7.00. The predicted molar refractivity (Wildman–Crippen MR) is 74.9 cm³/mol. The number of nitrogens with zero attached hydrogens (tertiary/aromatic N) is 1. The lowest BCUT2D eigenvalue weighted by Gasteiger charge is -2.21. The Balaban J connectivity index is 2.68. The van der Waals surface area contributed by atoms with E-state index in [1.165, 1.54) is 11.3 Å². The molecule has 0 aliphatic carbocycles. The molecule has 0 amide bonds. The van der Waals surface area contributed by atoms with E-state index in [-0.39, 0.29) is 0 Å². The molecular weight excluding hydrogens is 210 g/mol. The van der Waals surface area contributed by atoms with E-state index in [0.29, 0.717) is 6.61 Å². The van der Waals surface area contributed by atoms with Crippen molar-refractivity contribution < 1.29 is 4.74 Å². The zero-order valence-corrected chi connectivity index (χ0v) is 11.4. The predicted octanol–water partition coefficient (Wildman–Crippen LogP) is 3.88. The quantitative estimate of drug-likeness (QED) is 0.691. The van der Waals surface area contributed by atoms with Gasteiger partial charge in [-0.15, -0.1) is 0 Å². The molecule has 0 N–H and O–H groups in total. The Morgan fingerprint density at radius 3 is 2.53 bits per heavy atom. The maximum absolute atomic E-state index is 5.69. The first-order valence-corrected chi connectivity index (χ1v) is 6.28. The van der Waals surface area contributed by atoms with Crippen molar-refractivity contribution in [2.24, 2.45) is 0 Å². The smallest absolute Gasteiger partial charge is 0.121 e. The molecule has 2 nitrogen and oxygen atoms in total. The van der Waals surface area contributed by atoms with Crippen LogP contribution in [0.1, 0.15) is 27.7 Å². The molecule has 0 unspecified atom stereocenters. The van der Waals surface area contributed by atoms with Gasteiger partial charge in [0.2, 0.25) is 0 Å². The summed E-state index contributed by atoms with van der Waals surface area (Å²) in [5.74, 6) is 0.937. The monoisotopic (exact) mass is 233 g/mol. The summed E-state index contributed by atoms with van der Waals surface area (Å²) < 4.78 is 5.69. The molecule has 0 radical (unpaired) electrons. The lowest BCUT2D eigenvalue weighted by atomic mass is 10.2. The van der Waals surface area contributed by atoms with E-state index >= 15 is 0 Å². The molecular formula is C15H23NO. The number of hydrogen-bond acceptors (Lipinski definition) is 2. The molecule has 0 atom stereocenters. The normalized spacial score (nSPS) is 9.88. The SMILES string of the molecule is CCN(CC)c1cccc(OCC=C(C)C)c1. The Morgan fingerprint density at radius 1 is 1.24 bits per heavy atom. The second-order valence-electron chi connectivity index (χ2n) is 4.26. The fourth-order valence-corrected chi connectivity index (χ4v) is 1.66. The van der Waals surface area contributed by atoms with Crippen LogP contribution in [-0.4, -0.2) is 19.7 Å². The molecule has 0 saturated heterocycles. The Morgan fingerprint density at radius 2 is 1.94 bits per heavy atom. The summed E-state index contributed by atoms with van der Waals surface area (Å²) in [7, 11) is 0. The highest BCUT2D eigenvalue weighted by atomic mass is 16.5. The summed E-state index contributed by atoms with van der Waals surface area (Å²) in [5.41, 5.74) is 2.51. The van der Waals surface area contributed by atoms with Gasteiger partial charge >= 0.3 is 0 Å². The van der Waals surface area contributed by atoms with Gasteiger partial charge in [0.1, 0.15) is 12.4 Å². The Labute approximate surface area is 105 Å². The van der Waals surface area contributed by atoms with Crippen molar-refractivity contribution in [1.29, 1.82) is 0 Å². The summed E-state index contributed by atoms with van der Waals surface area (Å²) in [6, 6.07) is 8.28. The maximum Gasteiger partial charge on any atom is 0.121 e. The van der Waals surface area contributed by atoms with Crippen molar-refractivity contribution >= 4 is 5.69 Å². The van der Waals surface area contributed by atoms with Crippen LogP contribution >= 0.6 is 0 Å². The lowest BCUT2D eigenvalue weighted by Crippen LogP contribution is -2.21. The van der Waals surface area contributed by atoms with E-state index in [4.69, 9.17) is 4.74 Å². The summed E-state index contributed by atoms with van der Waals surface area (Å²) in [4.78, 5) is 2.31. The summed E-state index contributed by atoms with van der Waals surface area (Å²) >= 11 is 0. The van der Waals surface area contributed by atoms with E-state index in [1.54, 1.807) is 0 Å². The van der Waals surface area contributed by atoms with Gasteiger partial charge in [0.05, 0.1) is 0 Å². The van der Waals surface area contributed by atoms with Crippen molar-refractivity contribution in [1.82, 2.24) is 0 Å². The fourth-order valence-electron chi connectivity index (χ4n) is 1.66. The number of ether oxygens (including phenoxy) is 1. The number of hydrogen-bond donors (Lipinski definition) is 0. The molecule has 2 heteroatoms. The first-order valence-electron chi connectivity index (χ1n) is 6.28. The largest absolute Gasteiger partial charge is 0.489 e. The third-order valence-corrected chi connectivity index (χ3v) is 2.69. The van der Waals surface area contributed by atoms with Crippen molar-refractivity contribution in [3.63, 3.8) is 0 Å². The van der Waals surface area contributed by atoms with Crippen molar-refractivity contribution in [3.05, 3.63) is 35.9 Å². The zero-order chi connectivity index (χ0) is 12.7. The highest BCUT2D eigenvalue weighted by Gasteiger charge is 2.02. The van der Waals surface area contributed by atoms with E-state index in [9.17, 15) is 0 Å². The maximum atomic E-state index is 5.69. The van der Waals surface area contributed by atoms with Gasteiger partial charge in [0, 0.05) is 24.8 Å². The Kier molecular flexibility index (Phi) is 5.61. The fraction of sp³-hybridized carbons (Fsp3) is 0.467. The van der Waals surface area contributed by atoms with Gasteiger partial charge in [-0.25, -0.2) is 0 Å². The third kappa shape index (κ3) is 4.51. The molecule has 0 fully saturated rings. The first-order chi connectivity index (χ1) is 8.17. The molecule has 0 saturated carbocycles. The van der Waals surface area contributed by atoms with E-state index < -0.39 is 0 Å². The standard InChI is InChI=1S/C15H23NO/c1-5-16(6-2)14-8-7-9-15(12-14)17-11-10-13(3)4/h7-10,12H,5-6,11H2,1-4H3. The molecule has 1 aromatic carbocycles. The van der Waals surface area contributed by atoms with Gasteiger partial charge in [0.25, 0.3) is 0 Å². The van der Waals surface area contributed by atoms with Crippen LogP contribution in [0.5, 0.6) is 5.75 Å². The zero-order valence-electron chi connectivity index (χ0n) is 11.4. The molecule has 0 aliphatic rings. The molecule has 0 spiro atoms. The van der Waals surface area contributed by atoms with E-state index in [0.717, 1.165) is 18.8 Å². The minimum Gasteiger partial charge on any atom is -0.489 e. The average Bonchev–Trinajstić information content (AvgIpc) is 2.31.